The molecule has 1 heterocycles. The van der Waals surface area contributed by atoms with E-state index in [1.807, 2.05) is 0 Å². The zero-order valence-electron chi connectivity index (χ0n) is 12.8. The summed E-state index contributed by atoms with van der Waals surface area (Å²) in [6.45, 7) is 2.71. The summed E-state index contributed by atoms with van der Waals surface area (Å²) < 4.78 is 13.4. The lowest BCUT2D eigenvalue weighted by Gasteiger charge is -2.03. The van der Waals surface area contributed by atoms with E-state index in [-0.39, 0.29) is 11.6 Å². The van der Waals surface area contributed by atoms with Crippen molar-refractivity contribution in [1.82, 2.24) is 20.8 Å². The van der Waals surface area contributed by atoms with Crippen molar-refractivity contribution in [2.24, 2.45) is 0 Å². The minimum atomic E-state index is -0.512. The average molecular weight is 369 g/mol. The van der Waals surface area contributed by atoms with E-state index in [0.717, 1.165) is 5.56 Å². The molecule has 2 aromatic rings. The number of rotatable bonds is 7. The van der Waals surface area contributed by atoms with Crippen LogP contribution in [-0.2, 0) is 11.3 Å². The van der Waals surface area contributed by atoms with Crippen LogP contribution in [0.1, 0.15) is 12.5 Å². The van der Waals surface area contributed by atoms with Gasteiger partial charge in [-0.25, -0.2) is 9.18 Å². The zero-order valence-corrected chi connectivity index (χ0v) is 14.5. The Kier molecular flexibility index (Phi) is 6.94. The lowest BCUT2D eigenvalue weighted by Crippen LogP contribution is -2.40. The SMILES string of the molecule is CCNC(=O)NC(=O)CSc1nnc(NCc2ccc(F)cc2)s1. The molecule has 0 aliphatic carbocycles. The molecule has 1 aromatic heterocycles. The van der Waals surface area contributed by atoms with Gasteiger partial charge in [0.1, 0.15) is 5.82 Å². The maximum Gasteiger partial charge on any atom is 0.321 e. The van der Waals surface area contributed by atoms with Crippen molar-refractivity contribution >= 4 is 40.2 Å². The first-order valence-electron chi connectivity index (χ1n) is 7.09. The van der Waals surface area contributed by atoms with Gasteiger partial charge in [0, 0.05) is 13.1 Å². The molecule has 2 rings (SSSR count). The highest BCUT2D eigenvalue weighted by Gasteiger charge is 2.10. The summed E-state index contributed by atoms with van der Waals surface area (Å²) in [5.74, 6) is -0.606. The number of imide groups is 1. The minimum Gasteiger partial charge on any atom is -0.356 e. The van der Waals surface area contributed by atoms with E-state index in [4.69, 9.17) is 0 Å². The van der Waals surface area contributed by atoms with Gasteiger partial charge in [0.2, 0.25) is 11.0 Å². The van der Waals surface area contributed by atoms with Gasteiger partial charge < -0.3 is 10.6 Å². The van der Waals surface area contributed by atoms with Gasteiger partial charge in [-0.3, -0.25) is 10.1 Å². The van der Waals surface area contributed by atoms with Gasteiger partial charge in [0.25, 0.3) is 0 Å². The van der Waals surface area contributed by atoms with Crippen LogP contribution in [0.4, 0.5) is 14.3 Å². The number of anilines is 1. The van der Waals surface area contributed by atoms with Crippen LogP contribution >= 0.6 is 23.1 Å². The van der Waals surface area contributed by atoms with Crippen LogP contribution < -0.4 is 16.0 Å². The van der Waals surface area contributed by atoms with E-state index < -0.39 is 11.9 Å². The van der Waals surface area contributed by atoms with Crippen molar-refractivity contribution < 1.29 is 14.0 Å². The van der Waals surface area contributed by atoms with E-state index in [0.29, 0.717) is 22.6 Å². The third kappa shape index (κ3) is 6.13. The maximum absolute atomic E-state index is 12.8. The molecular formula is C14H16FN5O2S2. The van der Waals surface area contributed by atoms with Crippen molar-refractivity contribution in [2.75, 3.05) is 17.6 Å². The fraction of sp³-hybridized carbons (Fsp3) is 0.286. The van der Waals surface area contributed by atoms with Crippen molar-refractivity contribution in [3.63, 3.8) is 0 Å². The van der Waals surface area contributed by atoms with E-state index in [2.05, 4.69) is 26.1 Å². The van der Waals surface area contributed by atoms with Crippen molar-refractivity contribution in [2.45, 2.75) is 17.8 Å². The molecule has 0 atom stereocenters. The molecule has 1 aromatic carbocycles. The van der Waals surface area contributed by atoms with Gasteiger partial charge >= 0.3 is 6.03 Å². The fourth-order valence-corrected chi connectivity index (χ4v) is 3.16. The molecule has 0 aliphatic rings. The molecule has 0 bridgehead atoms. The number of benzene rings is 1. The van der Waals surface area contributed by atoms with Crippen molar-refractivity contribution in [1.29, 1.82) is 0 Å². The van der Waals surface area contributed by atoms with E-state index in [1.54, 1.807) is 19.1 Å². The van der Waals surface area contributed by atoms with Crippen LogP contribution in [0.5, 0.6) is 0 Å². The molecule has 24 heavy (non-hydrogen) atoms. The summed E-state index contributed by atoms with van der Waals surface area (Å²) in [7, 11) is 0. The highest BCUT2D eigenvalue weighted by Crippen LogP contribution is 2.25. The molecule has 0 fully saturated rings. The number of urea groups is 1. The summed E-state index contributed by atoms with van der Waals surface area (Å²) in [6, 6.07) is 5.65. The number of carbonyl (C=O) groups excluding carboxylic acids is 2. The first-order valence-corrected chi connectivity index (χ1v) is 8.89. The van der Waals surface area contributed by atoms with Gasteiger partial charge in [-0.15, -0.1) is 10.2 Å². The lowest BCUT2D eigenvalue weighted by molar-refractivity contribution is -0.117. The first kappa shape index (κ1) is 18.1. The smallest absolute Gasteiger partial charge is 0.321 e. The number of nitrogens with zero attached hydrogens (tertiary/aromatic N) is 2. The van der Waals surface area contributed by atoms with Crippen LogP contribution in [0.2, 0.25) is 0 Å². The van der Waals surface area contributed by atoms with Gasteiger partial charge in [-0.1, -0.05) is 35.2 Å². The monoisotopic (exact) mass is 369 g/mol. The second-order valence-corrected chi connectivity index (χ2v) is 6.75. The van der Waals surface area contributed by atoms with Crippen molar-refractivity contribution in [3.05, 3.63) is 35.6 Å². The van der Waals surface area contributed by atoms with Crippen LogP contribution in [0.3, 0.4) is 0 Å². The van der Waals surface area contributed by atoms with E-state index in [9.17, 15) is 14.0 Å². The Labute approximate surface area is 146 Å². The second kappa shape index (κ2) is 9.18. The van der Waals surface area contributed by atoms with Crippen LogP contribution in [-0.4, -0.2) is 34.4 Å². The predicted molar refractivity (Wildman–Crippen MR) is 91.6 cm³/mol. The number of amides is 3. The lowest BCUT2D eigenvalue weighted by atomic mass is 10.2. The maximum atomic E-state index is 12.8. The van der Waals surface area contributed by atoms with Crippen LogP contribution in [0.25, 0.3) is 0 Å². The Morgan fingerprint density at radius 1 is 1.25 bits per heavy atom. The number of thioether (sulfide) groups is 1. The fourth-order valence-electron chi connectivity index (χ4n) is 1.61. The number of carbonyl (C=O) groups is 2. The van der Waals surface area contributed by atoms with Crippen LogP contribution in [0.15, 0.2) is 28.6 Å². The molecule has 128 valence electrons. The Morgan fingerprint density at radius 3 is 2.71 bits per heavy atom. The standard InChI is InChI=1S/C14H16FN5O2S2/c1-2-16-12(22)18-11(21)8-23-14-20-19-13(24-14)17-7-9-3-5-10(15)6-4-9/h3-6H,2,7-8H2,1H3,(H,17,19)(H2,16,18,21,22). The Morgan fingerprint density at radius 2 is 2.00 bits per heavy atom. The number of hydrogen-bond donors (Lipinski definition) is 3. The summed E-state index contributed by atoms with van der Waals surface area (Å²) >= 11 is 2.50. The predicted octanol–water partition coefficient (Wildman–Crippen LogP) is 2.23. The molecule has 0 radical (unpaired) electrons. The molecule has 0 saturated carbocycles. The first-order chi connectivity index (χ1) is 11.6. The largest absolute Gasteiger partial charge is 0.356 e. The molecule has 3 amide bonds. The Bertz CT molecular complexity index is 693. The number of nitrogens with one attached hydrogen (secondary N) is 3. The summed E-state index contributed by atoms with van der Waals surface area (Å²) in [4.78, 5) is 22.8. The number of halogens is 1. The summed E-state index contributed by atoms with van der Waals surface area (Å²) in [5.41, 5.74) is 0.919. The Balaban J connectivity index is 1.75. The highest BCUT2D eigenvalue weighted by atomic mass is 32.2. The summed E-state index contributed by atoms with van der Waals surface area (Å²) in [5, 5.41) is 16.3. The van der Waals surface area contributed by atoms with Gasteiger partial charge in [0.15, 0.2) is 4.34 Å². The molecule has 3 N–H and O–H groups in total. The highest BCUT2D eigenvalue weighted by molar-refractivity contribution is 8.01. The quantitative estimate of drug-likeness (QED) is 0.648. The zero-order chi connectivity index (χ0) is 17.4. The number of aromatic nitrogens is 2. The van der Waals surface area contributed by atoms with Gasteiger partial charge in [0.05, 0.1) is 5.75 Å². The van der Waals surface area contributed by atoms with Crippen LogP contribution in [0, 0.1) is 5.82 Å². The molecule has 0 unspecified atom stereocenters. The average Bonchev–Trinajstić information content (AvgIpc) is 3.00. The van der Waals surface area contributed by atoms with Gasteiger partial charge in [-0.05, 0) is 24.6 Å². The minimum absolute atomic E-state index is 0.0731. The Hall–Kier alpha value is -2.20. The third-order valence-corrected chi connectivity index (χ3v) is 4.69. The molecule has 0 spiro atoms. The molecule has 0 aliphatic heterocycles. The normalized spacial score (nSPS) is 10.2. The summed E-state index contributed by atoms with van der Waals surface area (Å²) in [6.07, 6.45) is 0. The molecule has 7 nitrogen and oxygen atoms in total. The second-order valence-electron chi connectivity index (χ2n) is 4.55. The molecule has 10 heteroatoms. The van der Waals surface area contributed by atoms with E-state index >= 15 is 0 Å². The van der Waals surface area contributed by atoms with Crippen molar-refractivity contribution in [3.8, 4) is 0 Å². The topological polar surface area (TPSA) is 96.0 Å². The van der Waals surface area contributed by atoms with E-state index in [1.165, 1.54) is 35.2 Å². The molecule has 0 saturated heterocycles. The number of hydrogen-bond acceptors (Lipinski definition) is 7. The molecular weight excluding hydrogens is 353 g/mol. The van der Waals surface area contributed by atoms with Gasteiger partial charge in [-0.2, -0.15) is 0 Å². The third-order valence-electron chi connectivity index (χ3n) is 2.68.